The van der Waals surface area contributed by atoms with Crippen molar-refractivity contribution in [1.29, 1.82) is 0 Å². The number of benzene rings is 2. The van der Waals surface area contributed by atoms with Crippen molar-refractivity contribution in [3.05, 3.63) is 64.8 Å². The molecule has 0 fully saturated rings. The highest BCUT2D eigenvalue weighted by Crippen LogP contribution is 2.37. The molecule has 0 radical (unpaired) electrons. The van der Waals surface area contributed by atoms with Crippen LogP contribution in [0.1, 0.15) is 59.8 Å². The summed E-state index contributed by atoms with van der Waals surface area (Å²) in [4.78, 5) is 16.8. The van der Waals surface area contributed by atoms with Gasteiger partial charge < -0.3 is 19.4 Å². The van der Waals surface area contributed by atoms with Crippen LogP contribution in [0.4, 0.5) is 0 Å². The van der Waals surface area contributed by atoms with E-state index in [4.69, 9.17) is 14.5 Å². The zero-order valence-corrected chi connectivity index (χ0v) is 17.9. The molecule has 4 rings (SSSR count). The van der Waals surface area contributed by atoms with Gasteiger partial charge in [0.25, 0.3) is 0 Å². The summed E-state index contributed by atoms with van der Waals surface area (Å²) in [5, 5.41) is 12.6. The minimum absolute atomic E-state index is 0.268. The third kappa shape index (κ3) is 4.26. The van der Waals surface area contributed by atoms with Crippen molar-refractivity contribution >= 4 is 28.5 Å². The van der Waals surface area contributed by atoms with E-state index in [9.17, 15) is 9.90 Å². The van der Waals surface area contributed by atoms with Crippen LogP contribution >= 0.6 is 0 Å². The van der Waals surface area contributed by atoms with E-state index in [0.717, 1.165) is 48.1 Å². The maximum absolute atomic E-state index is 12.0. The molecule has 0 unspecified atom stereocenters. The van der Waals surface area contributed by atoms with Gasteiger partial charge in [-0.25, -0.2) is 4.98 Å². The van der Waals surface area contributed by atoms with Gasteiger partial charge in [-0.05, 0) is 66.7 Å². The predicted molar refractivity (Wildman–Crippen MR) is 120 cm³/mol. The summed E-state index contributed by atoms with van der Waals surface area (Å²) in [6, 6.07) is 13.2. The topological polar surface area (TPSA) is 71.5 Å². The van der Waals surface area contributed by atoms with Gasteiger partial charge in [0.2, 0.25) is 0 Å². The molecule has 3 aromatic rings. The molecule has 1 aliphatic carbocycles. The summed E-state index contributed by atoms with van der Waals surface area (Å²) in [6.07, 6.45) is 6.50. The first-order valence-electron chi connectivity index (χ1n) is 10.8. The Morgan fingerprint density at radius 3 is 2.77 bits per heavy atom. The van der Waals surface area contributed by atoms with E-state index in [1.54, 1.807) is 13.2 Å². The summed E-state index contributed by atoms with van der Waals surface area (Å²) in [5.41, 5.74) is 4.47. The van der Waals surface area contributed by atoms with E-state index in [1.165, 1.54) is 0 Å². The molecule has 0 amide bonds. The van der Waals surface area contributed by atoms with Crippen molar-refractivity contribution in [2.45, 2.75) is 39.0 Å². The number of pyridine rings is 1. The molecule has 1 heterocycles. The number of hydrogen-bond donors (Lipinski definition) is 0. The van der Waals surface area contributed by atoms with Gasteiger partial charge >= 0.3 is 0 Å². The molecule has 5 nitrogen and oxygen atoms in total. The molecule has 160 valence electrons. The Kier molecular flexibility index (Phi) is 6.21. The van der Waals surface area contributed by atoms with Crippen LogP contribution in [0.3, 0.4) is 0 Å². The van der Waals surface area contributed by atoms with E-state index in [0.29, 0.717) is 35.4 Å². The second kappa shape index (κ2) is 9.21. The highest BCUT2D eigenvalue weighted by molar-refractivity contribution is 6.05. The van der Waals surface area contributed by atoms with Crippen molar-refractivity contribution in [3.63, 3.8) is 0 Å². The van der Waals surface area contributed by atoms with Gasteiger partial charge in [-0.2, -0.15) is 0 Å². The van der Waals surface area contributed by atoms with Crippen LogP contribution in [-0.2, 0) is 6.42 Å². The average Bonchev–Trinajstić information content (AvgIpc) is 2.78. The van der Waals surface area contributed by atoms with Crippen LogP contribution in [0.5, 0.6) is 11.5 Å². The summed E-state index contributed by atoms with van der Waals surface area (Å²) < 4.78 is 11.4. The number of allylic oxidation sites excluding steroid dienone is 1. The molecule has 2 aromatic carbocycles. The number of hydrogen-bond acceptors (Lipinski definition) is 5. The normalized spacial score (nSPS) is 14.5. The van der Waals surface area contributed by atoms with Gasteiger partial charge in [-0.15, -0.1) is 0 Å². The zero-order chi connectivity index (χ0) is 21.8. The first kappa shape index (κ1) is 20.9. The molecule has 0 N–H and O–H groups in total. The Morgan fingerprint density at radius 2 is 2.00 bits per heavy atom. The molecular formula is C26H26NO4-. The fraction of sp³-hybridized carbons (Fsp3) is 0.308. The van der Waals surface area contributed by atoms with E-state index >= 15 is 0 Å². The van der Waals surface area contributed by atoms with Crippen LogP contribution in [0.2, 0.25) is 0 Å². The second-order valence-electron chi connectivity index (χ2n) is 7.75. The van der Waals surface area contributed by atoms with Crippen molar-refractivity contribution in [2.75, 3.05) is 13.7 Å². The molecule has 0 aliphatic heterocycles. The van der Waals surface area contributed by atoms with Gasteiger partial charge in [0, 0.05) is 10.9 Å². The number of carbonyl (C=O) groups is 1. The van der Waals surface area contributed by atoms with Gasteiger partial charge in [-0.1, -0.05) is 37.6 Å². The number of fused-ring (bicyclic) bond motifs is 2. The standard InChI is InChI=1S/C26H27NO4/c1-3-4-14-31-23-16-17(12-13-22(23)30-2)15-18-8-7-10-20-24(26(28)29)19-9-5-6-11-21(19)27-25(18)20/h5-6,9,11-13,15-16H,3-4,7-8,10,14H2,1-2H3,(H,28,29)/p-1/b18-15+. The smallest absolute Gasteiger partial charge is 0.161 e. The molecule has 0 saturated carbocycles. The third-order valence-corrected chi connectivity index (χ3v) is 5.66. The SMILES string of the molecule is CCCCOc1cc(/C=C2\CCCc3c2nc2ccccc2c3C(=O)[O-])ccc1OC. The quantitative estimate of drug-likeness (QED) is 0.524. The Balaban J connectivity index is 1.79. The molecular weight excluding hydrogens is 390 g/mol. The number of methoxy groups -OCH3 is 1. The maximum Gasteiger partial charge on any atom is 0.161 e. The summed E-state index contributed by atoms with van der Waals surface area (Å²) in [7, 11) is 1.63. The molecule has 1 aliphatic rings. The van der Waals surface area contributed by atoms with E-state index in [-0.39, 0.29) is 5.56 Å². The zero-order valence-electron chi connectivity index (χ0n) is 17.9. The summed E-state index contributed by atoms with van der Waals surface area (Å²) in [5.74, 6) is 0.265. The number of nitrogens with zero attached hydrogens (tertiary/aromatic N) is 1. The third-order valence-electron chi connectivity index (χ3n) is 5.66. The summed E-state index contributed by atoms with van der Waals surface area (Å²) >= 11 is 0. The molecule has 1 aromatic heterocycles. The average molecular weight is 416 g/mol. The minimum Gasteiger partial charge on any atom is -0.545 e. The predicted octanol–water partition coefficient (Wildman–Crippen LogP) is 4.66. The number of unbranched alkanes of at least 4 members (excludes halogenated alkanes) is 1. The molecule has 5 heteroatoms. The van der Waals surface area contributed by atoms with Crippen molar-refractivity contribution in [2.24, 2.45) is 0 Å². The van der Waals surface area contributed by atoms with Gasteiger partial charge in [0.15, 0.2) is 11.5 Å². The number of ether oxygens (including phenoxy) is 2. The van der Waals surface area contributed by atoms with E-state index < -0.39 is 5.97 Å². The van der Waals surface area contributed by atoms with Crippen LogP contribution in [0, 0.1) is 0 Å². The maximum atomic E-state index is 12.0. The molecule has 31 heavy (non-hydrogen) atoms. The van der Waals surface area contributed by atoms with E-state index in [1.807, 2.05) is 36.4 Å². The molecule has 0 bridgehead atoms. The highest BCUT2D eigenvalue weighted by atomic mass is 16.5. The largest absolute Gasteiger partial charge is 0.545 e. The monoisotopic (exact) mass is 416 g/mol. The number of carboxylic acid groups (broad SMARTS) is 1. The fourth-order valence-corrected chi connectivity index (χ4v) is 4.13. The number of carbonyl (C=O) groups excluding carboxylic acids is 1. The second-order valence-corrected chi connectivity index (χ2v) is 7.75. The fourth-order valence-electron chi connectivity index (χ4n) is 4.13. The van der Waals surface area contributed by atoms with Gasteiger partial charge in [0.1, 0.15) is 0 Å². The lowest BCUT2D eigenvalue weighted by atomic mass is 9.86. The summed E-state index contributed by atoms with van der Waals surface area (Å²) in [6.45, 7) is 2.76. The van der Waals surface area contributed by atoms with Crippen molar-refractivity contribution < 1.29 is 19.4 Å². The van der Waals surface area contributed by atoms with Crippen LogP contribution in [-0.4, -0.2) is 24.7 Å². The lowest BCUT2D eigenvalue weighted by molar-refractivity contribution is -0.254. The van der Waals surface area contributed by atoms with Crippen LogP contribution < -0.4 is 14.6 Å². The minimum atomic E-state index is -1.15. The lowest BCUT2D eigenvalue weighted by Crippen LogP contribution is -2.26. The van der Waals surface area contributed by atoms with Gasteiger partial charge in [0.05, 0.1) is 30.9 Å². The Bertz CT molecular complexity index is 1150. The molecule has 0 atom stereocenters. The van der Waals surface area contributed by atoms with Crippen LogP contribution in [0.15, 0.2) is 42.5 Å². The molecule has 0 saturated heterocycles. The highest BCUT2D eigenvalue weighted by Gasteiger charge is 2.22. The number of para-hydroxylation sites is 1. The Hall–Kier alpha value is -3.34. The van der Waals surface area contributed by atoms with E-state index in [2.05, 4.69) is 13.0 Å². The first-order valence-corrected chi connectivity index (χ1v) is 10.8. The lowest BCUT2D eigenvalue weighted by Gasteiger charge is -2.23. The molecule has 0 spiro atoms. The van der Waals surface area contributed by atoms with Crippen LogP contribution in [0.25, 0.3) is 22.6 Å². The Labute approximate surface area is 182 Å². The van der Waals surface area contributed by atoms with Gasteiger partial charge in [-0.3, -0.25) is 0 Å². The number of carboxylic acids is 1. The van der Waals surface area contributed by atoms with Crippen molar-refractivity contribution in [1.82, 2.24) is 4.98 Å². The number of aromatic carboxylic acids is 1. The van der Waals surface area contributed by atoms with Crippen molar-refractivity contribution in [3.8, 4) is 11.5 Å². The Morgan fingerprint density at radius 1 is 1.16 bits per heavy atom. The number of rotatable bonds is 7. The first-order chi connectivity index (χ1) is 15.1. The number of aromatic nitrogens is 1.